The number of hydrogen-bond donors (Lipinski definition) is 1. The lowest BCUT2D eigenvalue weighted by molar-refractivity contribution is -0.120. The number of rotatable bonds is 4. The molecule has 1 atom stereocenters. The fourth-order valence-electron chi connectivity index (χ4n) is 3.33. The zero-order valence-corrected chi connectivity index (χ0v) is 15.5. The minimum Gasteiger partial charge on any atom is -0.354 e. The molecule has 144 valence electrons. The summed E-state index contributed by atoms with van der Waals surface area (Å²) < 4.78 is 15.4. The molecular weight excluding hydrogens is 359 g/mol. The van der Waals surface area contributed by atoms with Crippen LogP contribution >= 0.6 is 0 Å². The van der Waals surface area contributed by atoms with Crippen LogP contribution in [0.2, 0.25) is 0 Å². The van der Waals surface area contributed by atoms with Gasteiger partial charge in [0, 0.05) is 31.2 Å². The smallest absolute Gasteiger partial charge is 0.229 e. The standard InChI is InChI=1S/C20H21FN6O/c1-14-5-6-16(12-17(14)21)23-20(28)15-4-2-10-26(13-15)18-7-8-19(25-24-18)27-11-3-9-22-27/h3,5-9,11-12,15H,2,4,10,13H2,1H3,(H,23,28)/t15-/m1/s1. The van der Waals surface area contributed by atoms with Crippen LogP contribution in [0.5, 0.6) is 0 Å². The zero-order chi connectivity index (χ0) is 19.5. The highest BCUT2D eigenvalue weighted by atomic mass is 19.1. The number of aromatic nitrogens is 4. The summed E-state index contributed by atoms with van der Waals surface area (Å²) in [5, 5.41) is 15.5. The second-order valence-corrected chi connectivity index (χ2v) is 6.94. The van der Waals surface area contributed by atoms with E-state index in [1.165, 1.54) is 6.07 Å². The first-order valence-electron chi connectivity index (χ1n) is 9.26. The number of piperidine rings is 1. The van der Waals surface area contributed by atoms with Gasteiger partial charge in [-0.25, -0.2) is 9.07 Å². The molecule has 0 spiro atoms. The van der Waals surface area contributed by atoms with Crippen LogP contribution in [0.25, 0.3) is 5.82 Å². The lowest BCUT2D eigenvalue weighted by atomic mass is 9.97. The maximum absolute atomic E-state index is 13.7. The first kappa shape index (κ1) is 18.1. The van der Waals surface area contributed by atoms with Crippen molar-refractivity contribution in [3.05, 3.63) is 60.2 Å². The molecule has 0 radical (unpaired) electrons. The van der Waals surface area contributed by atoms with E-state index in [1.54, 1.807) is 36.1 Å². The van der Waals surface area contributed by atoms with Crippen LogP contribution in [-0.2, 0) is 4.79 Å². The van der Waals surface area contributed by atoms with Crippen molar-refractivity contribution in [2.24, 2.45) is 5.92 Å². The summed E-state index contributed by atoms with van der Waals surface area (Å²) in [6, 6.07) is 10.3. The van der Waals surface area contributed by atoms with Crippen LogP contribution in [-0.4, -0.2) is 39.0 Å². The fraction of sp³-hybridized carbons (Fsp3) is 0.300. The summed E-state index contributed by atoms with van der Waals surface area (Å²) in [7, 11) is 0. The van der Waals surface area contributed by atoms with Crippen molar-refractivity contribution in [2.45, 2.75) is 19.8 Å². The fourth-order valence-corrected chi connectivity index (χ4v) is 3.33. The van der Waals surface area contributed by atoms with Gasteiger partial charge in [0.15, 0.2) is 11.6 Å². The summed E-state index contributed by atoms with van der Waals surface area (Å²) in [6.07, 6.45) is 5.15. The van der Waals surface area contributed by atoms with Crippen molar-refractivity contribution in [3.8, 4) is 5.82 Å². The largest absolute Gasteiger partial charge is 0.354 e. The van der Waals surface area contributed by atoms with Gasteiger partial charge >= 0.3 is 0 Å². The Morgan fingerprint density at radius 1 is 1.21 bits per heavy atom. The van der Waals surface area contributed by atoms with E-state index < -0.39 is 0 Å². The lowest BCUT2D eigenvalue weighted by Crippen LogP contribution is -2.41. The SMILES string of the molecule is Cc1ccc(NC(=O)[C@@H]2CCCN(c3ccc(-n4cccn4)nn3)C2)cc1F. The average molecular weight is 380 g/mol. The summed E-state index contributed by atoms with van der Waals surface area (Å²) in [5.74, 6) is 0.756. The van der Waals surface area contributed by atoms with Crippen molar-refractivity contribution in [2.75, 3.05) is 23.3 Å². The highest BCUT2D eigenvalue weighted by Gasteiger charge is 2.27. The Morgan fingerprint density at radius 3 is 2.75 bits per heavy atom. The van der Waals surface area contributed by atoms with Gasteiger partial charge in [-0.05, 0) is 55.7 Å². The first-order chi connectivity index (χ1) is 13.6. The Bertz CT molecular complexity index is 957. The highest BCUT2D eigenvalue weighted by molar-refractivity contribution is 5.93. The minimum atomic E-state index is -0.324. The molecule has 1 N–H and O–H groups in total. The zero-order valence-electron chi connectivity index (χ0n) is 15.5. The van der Waals surface area contributed by atoms with Crippen LogP contribution in [0.3, 0.4) is 0 Å². The number of anilines is 2. The van der Waals surface area contributed by atoms with Gasteiger partial charge in [-0.3, -0.25) is 4.79 Å². The highest BCUT2D eigenvalue weighted by Crippen LogP contribution is 2.23. The molecular formula is C20H21FN6O. The van der Waals surface area contributed by atoms with Crippen LogP contribution in [0.1, 0.15) is 18.4 Å². The van der Waals surface area contributed by atoms with Crippen molar-refractivity contribution in [1.82, 2.24) is 20.0 Å². The first-order valence-corrected chi connectivity index (χ1v) is 9.26. The molecule has 1 aliphatic rings. The molecule has 3 heterocycles. The quantitative estimate of drug-likeness (QED) is 0.753. The van der Waals surface area contributed by atoms with Crippen LogP contribution in [0.15, 0.2) is 48.8 Å². The van der Waals surface area contributed by atoms with Gasteiger partial charge in [-0.2, -0.15) is 5.10 Å². The predicted molar refractivity (Wildman–Crippen MR) is 104 cm³/mol. The van der Waals surface area contributed by atoms with E-state index in [0.717, 1.165) is 25.2 Å². The molecule has 1 aliphatic heterocycles. The monoisotopic (exact) mass is 380 g/mol. The van der Waals surface area contributed by atoms with Gasteiger partial charge in [-0.1, -0.05) is 6.07 Å². The molecule has 1 aromatic carbocycles. The number of carbonyl (C=O) groups is 1. The molecule has 8 heteroatoms. The van der Waals surface area contributed by atoms with Crippen LogP contribution < -0.4 is 10.2 Å². The Labute approximate surface area is 162 Å². The van der Waals surface area contributed by atoms with Crippen molar-refractivity contribution in [3.63, 3.8) is 0 Å². The van der Waals surface area contributed by atoms with Gasteiger partial charge in [0.05, 0.1) is 5.92 Å². The van der Waals surface area contributed by atoms with Gasteiger partial charge < -0.3 is 10.2 Å². The summed E-state index contributed by atoms with van der Waals surface area (Å²) >= 11 is 0. The molecule has 0 aliphatic carbocycles. The number of carbonyl (C=O) groups excluding carboxylic acids is 1. The normalized spacial score (nSPS) is 16.8. The average Bonchev–Trinajstić information content (AvgIpc) is 3.26. The summed E-state index contributed by atoms with van der Waals surface area (Å²) in [5.41, 5.74) is 1.03. The molecule has 28 heavy (non-hydrogen) atoms. The molecule has 4 rings (SSSR count). The van der Waals surface area contributed by atoms with Gasteiger partial charge in [-0.15, -0.1) is 10.2 Å². The molecule has 3 aromatic rings. The van der Waals surface area contributed by atoms with Gasteiger partial charge in [0.1, 0.15) is 5.82 Å². The Balaban J connectivity index is 1.42. The number of aryl methyl sites for hydroxylation is 1. The topological polar surface area (TPSA) is 75.9 Å². The number of amides is 1. The lowest BCUT2D eigenvalue weighted by Gasteiger charge is -2.32. The molecule has 1 saturated heterocycles. The van der Waals surface area contributed by atoms with Crippen molar-refractivity contribution >= 4 is 17.4 Å². The number of nitrogens with zero attached hydrogens (tertiary/aromatic N) is 5. The molecule has 2 aromatic heterocycles. The molecule has 1 fully saturated rings. The van der Waals surface area contributed by atoms with Gasteiger partial charge in [0.2, 0.25) is 5.91 Å². The van der Waals surface area contributed by atoms with E-state index in [4.69, 9.17) is 0 Å². The predicted octanol–water partition coefficient (Wildman–Crippen LogP) is 2.96. The van der Waals surface area contributed by atoms with E-state index in [2.05, 4.69) is 25.5 Å². The Kier molecular flexibility index (Phi) is 5.01. The third-order valence-corrected chi connectivity index (χ3v) is 4.93. The van der Waals surface area contributed by atoms with Crippen LogP contribution in [0.4, 0.5) is 15.9 Å². The number of halogens is 1. The van der Waals surface area contributed by atoms with E-state index >= 15 is 0 Å². The number of nitrogens with one attached hydrogen (secondary N) is 1. The number of benzene rings is 1. The molecule has 0 saturated carbocycles. The second-order valence-electron chi connectivity index (χ2n) is 6.94. The maximum Gasteiger partial charge on any atom is 0.229 e. The van der Waals surface area contributed by atoms with Crippen molar-refractivity contribution in [1.29, 1.82) is 0 Å². The second kappa shape index (κ2) is 7.75. The Hall–Kier alpha value is -3.29. The van der Waals surface area contributed by atoms with Crippen LogP contribution in [0, 0.1) is 18.7 Å². The minimum absolute atomic E-state index is 0.103. The van der Waals surface area contributed by atoms with Gasteiger partial charge in [0.25, 0.3) is 0 Å². The third-order valence-electron chi connectivity index (χ3n) is 4.93. The van der Waals surface area contributed by atoms with E-state index in [1.807, 2.05) is 18.2 Å². The number of hydrogen-bond acceptors (Lipinski definition) is 5. The summed E-state index contributed by atoms with van der Waals surface area (Å²) in [4.78, 5) is 14.7. The third kappa shape index (κ3) is 3.85. The summed E-state index contributed by atoms with van der Waals surface area (Å²) in [6.45, 7) is 3.06. The maximum atomic E-state index is 13.7. The Morgan fingerprint density at radius 2 is 2.04 bits per heavy atom. The van der Waals surface area contributed by atoms with E-state index in [9.17, 15) is 9.18 Å². The van der Waals surface area contributed by atoms with E-state index in [0.29, 0.717) is 23.6 Å². The molecule has 7 nitrogen and oxygen atoms in total. The van der Waals surface area contributed by atoms with E-state index in [-0.39, 0.29) is 17.6 Å². The van der Waals surface area contributed by atoms with Crippen molar-refractivity contribution < 1.29 is 9.18 Å². The molecule has 1 amide bonds. The molecule has 0 bridgehead atoms. The molecule has 0 unspecified atom stereocenters.